The Bertz CT molecular complexity index is 1190. The first-order chi connectivity index (χ1) is 33.5. The lowest BCUT2D eigenvalue weighted by Crippen LogP contribution is -2.30. The fraction of sp³-hybridized carbons (Fsp3) is 0.823. The van der Waals surface area contributed by atoms with Crippen LogP contribution in [0.2, 0.25) is 0 Å². The molecule has 6 heteroatoms. The van der Waals surface area contributed by atoms with Crippen molar-refractivity contribution in [2.24, 2.45) is 0 Å². The van der Waals surface area contributed by atoms with Gasteiger partial charge in [0.2, 0.25) is 0 Å². The van der Waals surface area contributed by atoms with Gasteiger partial charge < -0.3 is 14.2 Å². The molecule has 396 valence electrons. The van der Waals surface area contributed by atoms with Gasteiger partial charge in [-0.1, -0.05) is 236 Å². The second-order valence-corrected chi connectivity index (χ2v) is 19.9. The summed E-state index contributed by atoms with van der Waals surface area (Å²) in [5.74, 6) is -0.885. The number of hydrogen-bond donors (Lipinski definition) is 0. The zero-order chi connectivity index (χ0) is 49.3. The summed E-state index contributed by atoms with van der Waals surface area (Å²) < 4.78 is 16.8. The standard InChI is InChI=1S/C62H112O6/c1-4-7-10-13-16-19-22-25-26-27-28-29-30-31-32-33-34-35-36-38-40-43-46-49-52-55-61(64)67-58-59(57-66-60(63)54-51-48-45-42-39-24-21-18-15-12-9-6-3)68-62(65)56-53-50-47-44-41-37-23-20-17-14-11-8-5-2/h18,20-23,25,27-28,59H,4-17,19,24,26,29-58H2,1-3H3/b21-18-,23-20-,25-22-,28-27-. The molecule has 0 fully saturated rings. The number of unbranched alkanes of at least 4 members (excludes halogenated alkanes) is 35. The maximum absolute atomic E-state index is 12.8. The van der Waals surface area contributed by atoms with Gasteiger partial charge in [-0.2, -0.15) is 0 Å². The van der Waals surface area contributed by atoms with E-state index in [4.69, 9.17) is 14.2 Å². The molecule has 6 nitrogen and oxygen atoms in total. The first kappa shape index (κ1) is 65.4. The lowest BCUT2D eigenvalue weighted by molar-refractivity contribution is -0.167. The van der Waals surface area contributed by atoms with E-state index in [1.807, 2.05) is 0 Å². The van der Waals surface area contributed by atoms with Crippen LogP contribution in [0.4, 0.5) is 0 Å². The van der Waals surface area contributed by atoms with Gasteiger partial charge in [-0.15, -0.1) is 0 Å². The third-order valence-corrected chi connectivity index (χ3v) is 13.0. The zero-order valence-electron chi connectivity index (χ0n) is 45.4. The molecule has 68 heavy (non-hydrogen) atoms. The molecule has 0 bridgehead atoms. The van der Waals surface area contributed by atoms with Crippen LogP contribution in [0, 0.1) is 0 Å². The van der Waals surface area contributed by atoms with Crippen LogP contribution in [0.1, 0.15) is 310 Å². The lowest BCUT2D eigenvalue weighted by atomic mass is 10.0. The lowest BCUT2D eigenvalue weighted by Gasteiger charge is -2.18. The number of carbonyl (C=O) groups excluding carboxylic acids is 3. The van der Waals surface area contributed by atoms with Gasteiger partial charge in [-0.3, -0.25) is 14.4 Å². The number of allylic oxidation sites excluding steroid dienone is 8. The van der Waals surface area contributed by atoms with Crippen LogP contribution in [0.5, 0.6) is 0 Å². The highest BCUT2D eigenvalue weighted by molar-refractivity contribution is 5.71. The van der Waals surface area contributed by atoms with E-state index >= 15 is 0 Å². The van der Waals surface area contributed by atoms with E-state index in [1.54, 1.807) is 0 Å². The van der Waals surface area contributed by atoms with Crippen molar-refractivity contribution in [2.75, 3.05) is 13.2 Å². The molecule has 0 aliphatic rings. The molecule has 0 aliphatic carbocycles. The van der Waals surface area contributed by atoms with Crippen molar-refractivity contribution in [3.8, 4) is 0 Å². The molecule has 0 saturated heterocycles. The molecule has 0 rings (SSSR count). The van der Waals surface area contributed by atoms with Crippen LogP contribution >= 0.6 is 0 Å². The first-order valence-electron chi connectivity index (χ1n) is 29.6. The van der Waals surface area contributed by atoms with E-state index in [1.165, 1.54) is 186 Å². The summed E-state index contributed by atoms with van der Waals surface area (Å²) in [5.41, 5.74) is 0. The van der Waals surface area contributed by atoms with Gasteiger partial charge in [0.1, 0.15) is 13.2 Å². The van der Waals surface area contributed by atoms with Crippen LogP contribution in [-0.4, -0.2) is 37.2 Å². The quantitative estimate of drug-likeness (QED) is 0.0262. The molecular weight excluding hydrogens is 841 g/mol. The minimum atomic E-state index is -0.779. The van der Waals surface area contributed by atoms with Gasteiger partial charge in [-0.05, 0) is 103 Å². The normalized spacial score (nSPS) is 12.3. The predicted octanol–water partition coefficient (Wildman–Crippen LogP) is 19.8. The molecule has 0 saturated carbocycles. The summed E-state index contributed by atoms with van der Waals surface area (Å²) in [7, 11) is 0. The van der Waals surface area contributed by atoms with Crippen LogP contribution < -0.4 is 0 Å². The Kier molecular flexibility index (Phi) is 54.8. The van der Waals surface area contributed by atoms with Crippen molar-refractivity contribution < 1.29 is 28.6 Å². The molecule has 0 N–H and O–H groups in total. The van der Waals surface area contributed by atoms with Crippen LogP contribution in [-0.2, 0) is 28.6 Å². The molecule has 0 spiro atoms. The van der Waals surface area contributed by atoms with Crippen molar-refractivity contribution in [1.29, 1.82) is 0 Å². The molecular formula is C62H112O6. The van der Waals surface area contributed by atoms with Gasteiger partial charge in [0, 0.05) is 19.3 Å². The minimum Gasteiger partial charge on any atom is -0.462 e. The van der Waals surface area contributed by atoms with E-state index in [0.717, 1.165) is 83.5 Å². The first-order valence-corrected chi connectivity index (χ1v) is 29.6. The van der Waals surface area contributed by atoms with Crippen molar-refractivity contribution in [3.63, 3.8) is 0 Å². The summed E-state index contributed by atoms with van der Waals surface area (Å²) in [4.78, 5) is 38.1. The van der Waals surface area contributed by atoms with Gasteiger partial charge in [0.05, 0.1) is 0 Å². The van der Waals surface area contributed by atoms with E-state index in [-0.39, 0.29) is 31.1 Å². The van der Waals surface area contributed by atoms with Crippen molar-refractivity contribution in [3.05, 3.63) is 48.6 Å². The van der Waals surface area contributed by atoms with Crippen LogP contribution in [0.15, 0.2) is 48.6 Å². The smallest absolute Gasteiger partial charge is 0.306 e. The summed E-state index contributed by atoms with van der Waals surface area (Å²) in [6.07, 6.45) is 69.7. The van der Waals surface area contributed by atoms with E-state index in [9.17, 15) is 14.4 Å². The number of rotatable bonds is 54. The average molecular weight is 954 g/mol. The fourth-order valence-electron chi connectivity index (χ4n) is 8.52. The molecule has 0 aliphatic heterocycles. The van der Waals surface area contributed by atoms with E-state index in [2.05, 4.69) is 69.4 Å². The Hall–Kier alpha value is -2.63. The summed E-state index contributed by atoms with van der Waals surface area (Å²) >= 11 is 0. The Morgan fingerprint density at radius 2 is 0.529 bits per heavy atom. The molecule has 0 aromatic rings. The maximum atomic E-state index is 12.8. The molecule has 0 radical (unpaired) electrons. The van der Waals surface area contributed by atoms with Crippen LogP contribution in [0.25, 0.3) is 0 Å². The maximum Gasteiger partial charge on any atom is 0.306 e. The highest BCUT2D eigenvalue weighted by Gasteiger charge is 2.19. The third kappa shape index (κ3) is 54.3. The molecule has 0 aromatic carbocycles. The summed E-state index contributed by atoms with van der Waals surface area (Å²) in [6, 6.07) is 0. The second kappa shape index (κ2) is 57.0. The highest BCUT2D eigenvalue weighted by Crippen LogP contribution is 2.16. The van der Waals surface area contributed by atoms with Crippen molar-refractivity contribution in [2.45, 2.75) is 316 Å². The Balaban J connectivity index is 4.22. The minimum absolute atomic E-state index is 0.0776. The van der Waals surface area contributed by atoms with E-state index < -0.39 is 6.10 Å². The third-order valence-electron chi connectivity index (χ3n) is 13.0. The Morgan fingerprint density at radius 1 is 0.294 bits per heavy atom. The molecule has 1 atom stereocenters. The van der Waals surface area contributed by atoms with Gasteiger partial charge in [0.25, 0.3) is 0 Å². The number of hydrogen-bond acceptors (Lipinski definition) is 6. The predicted molar refractivity (Wildman–Crippen MR) is 293 cm³/mol. The average Bonchev–Trinajstić information content (AvgIpc) is 3.34. The Morgan fingerprint density at radius 3 is 0.868 bits per heavy atom. The zero-order valence-corrected chi connectivity index (χ0v) is 45.4. The number of ether oxygens (including phenoxy) is 3. The van der Waals surface area contributed by atoms with Crippen molar-refractivity contribution in [1.82, 2.24) is 0 Å². The second-order valence-electron chi connectivity index (χ2n) is 19.9. The molecule has 0 heterocycles. The topological polar surface area (TPSA) is 78.9 Å². The van der Waals surface area contributed by atoms with Crippen LogP contribution in [0.3, 0.4) is 0 Å². The van der Waals surface area contributed by atoms with Gasteiger partial charge in [0.15, 0.2) is 6.10 Å². The SMILES string of the molecule is CCCCC/C=C\CCCCCCCC(=O)OCC(COC(=O)CCCCCCCCCCCCCCC/C=C\C/C=C\CCCCCCC)OC(=O)CCCCCCC/C=C\CCCCCC. The summed E-state index contributed by atoms with van der Waals surface area (Å²) in [5, 5.41) is 0. The molecule has 1 unspecified atom stereocenters. The monoisotopic (exact) mass is 953 g/mol. The van der Waals surface area contributed by atoms with Gasteiger partial charge in [-0.25, -0.2) is 0 Å². The largest absolute Gasteiger partial charge is 0.462 e. The fourth-order valence-corrected chi connectivity index (χ4v) is 8.52. The van der Waals surface area contributed by atoms with E-state index in [0.29, 0.717) is 19.3 Å². The Labute approximate surface area is 422 Å². The van der Waals surface area contributed by atoms with Crippen molar-refractivity contribution >= 4 is 17.9 Å². The highest BCUT2D eigenvalue weighted by atomic mass is 16.6. The summed E-state index contributed by atoms with van der Waals surface area (Å²) in [6.45, 7) is 6.60. The van der Waals surface area contributed by atoms with Gasteiger partial charge >= 0.3 is 17.9 Å². The number of carbonyl (C=O) groups is 3. The number of esters is 3. The molecule has 0 aromatic heterocycles. The molecule has 0 amide bonds.